The van der Waals surface area contributed by atoms with E-state index in [1.807, 2.05) is 0 Å². The normalized spacial score (nSPS) is 15.5. The summed E-state index contributed by atoms with van der Waals surface area (Å²) in [5.74, 6) is -3.58. The molecule has 31 heavy (non-hydrogen) atoms. The summed E-state index contributed by atoms with van der Waals surface area (Å²) >= 11 is 0. The van der Waals surface area contributed by atoms with Crippen molar-refractivity contribution in [2.45, 2.75) is 49.2 Å². The highest BCUT2D eigenvalue weighted by Gasteiger charge is 2.53. The fourth-order valence-electron chi connectivity index (χ4n) is 3.87. The number of hydrogen-bond acceptors (Lipinski definition) is 4. The smallest absolute Gasteiger partial charge is 0.243 e. The number of amides is 2. The molecule has 2 N–H and O–H groups in total. The molecule has 3 rings (SSSR count). The van der Waals surface area contributed by atoms with E-state index in [2.05, 4.69) is 10.6 Å². The number of rotatable bonds is 6. The molecule has 1 aliphatic carbocycles. The first-order valence-electron chi connectivity index (χ1n) is 9.92. The maximum absolute atomic E-state index is 13.5. The van der Waals surface area contributed by atoms with Crippen LogP contribution in [0.3, 0.4) is 0 Å². The SMILES string of the molecule is Cc1ccc(C)c(S(=O)(=O)C2(C(=O)NCC(=O)Nc3ccc(F)c(F)c3)CCCC2)c1. The molecule has 166 valence electrons. The number of nitrogens with one attached hydrogen (secondary N) is 2. The molecule has 0 heterocycles. The lowest BCUT2D eigenvalue weighted by Crippen LogP contribution is -2.52. The van der Waals surface area contributed by atoms with E-state index < -0.39 is 44.6 Å². The summed E-state index contributed by atoms with van der Waals surface area (Å²) in [7, 11) is -4.00. The quantitative estimate of drug-likeness (QED) is 0.705. The van der Waals surface area contributed by atoms with Crippen molar-refractivity contribution in [2.24, 2.45) is 0 Å². The Morgan fingerprint density at radius 1 is 1.00 bits per heavy atom. The standard InChI is InChI=1S/C22H24F2N2O4S/c1-14-5-6-15(2)19(11-14)31(29,30)22(9-3-4-10-22)21(28)25-13-20(27)26-16-7-8-17(23)18(24)12-16/h5-8,11-12H,3-4,9-10,13H2,1-2H3,(H,25,28)(H,26,27). The van der Waals surface area contributed by atoms with Crippen molar-refractivity contribution in [2.75, 3.05) is 11.9 Å². The Morgan fingerprint density at radius 2 is 1.68 bits per heavy atom. The third-order valence-electron chi connectivity index (χ3n) is 5.59. The lowest BCUT2D eigenvalue weighted by atomic mass is 10.1. The van der Waals surface area contributed by atoms with Gasteiger partial charge < -0.3 is 10.6 Å². The number of anilines is 1. The molecule has 9 heteroatoms. The maximum atomic E-state index is 13.5. The minimum atomic E-state index is -4.00. The third-order valence-corrected chi connectivity index (χ3v) is 8.23. The minimum Gasteiger partial charge on any atom is -0.346 e. The van der Waals surface area contributed by atoms with Crippen molar-refractivity contribution in [3.8, 4) is 0 Å². The van der Waals surface area contributed by atoms with Gasteiger partial charge in [0.15, 0.2) is 26.2 Å². The summed E-state index contributed by atoms with van der Waals surface area (Å²) in [6, 6.07) is 7.94. The number of benzene rings is 2. The van der Waals surface area contributed by atoms with Crippen LogP contribution < -0.4 is 10.6 Å². The summed E-state index contributed by atoms with van der Waals surface area (Å²) in [5, 5.41) is 4.77. The molecule has 2 aromatic rings. The second-order valence-corrected chi connectivity index (χ2v) is 10.1. The van der Waals surface area contributed by atoms with Crippen molar-refractivity contribution in [1.29, 1.82) is 0 Å². The lowest BCUT2D eigenvalue weighted by Gasteiger charge is -2.28. The summed E-state index contributed by atoms with van der Waals surface area (Å²) < 4.78 is 51.7. The molecule has 1 fully saturated rings. The molecule has 0 unspecified atom stereocenters. The van der Waals surface area contributed by atoms with Gasteiger partial charge in [-0.25, -0.2) is 17.2 Å². The van der Waals surface area contributed by atoms with Gasteiger partial charge in [0, 0.05) is 11.8 Å². The third kappa shape index (κ3) is 4.46. The van der Waals surface area contributed by atoms with Crippen LogP contribution in [0.1, 0.15) is 36.8 Å². The molecular weight excluding hydrogens is 426 g/mol. The maximum Gasteiger partial charge on any atom is 0.243 e. The number of aryl methyl sites for hydroxylation is 2. The van der Waals surface area contributed by atoms with Gasteiger partial charge in [0.1, 0.15) is 0 Å². The van der Waals surface area contributed by atoms with E-state index in [4.69, 9.17) is 0 Å². The number of sulfone groups is 1. The molecule has 1 aliphatic rings. The zero-order chi connectivity index (χ0) is 22.8. The average Bonchev–Trinajstić information content (AvgIpc) is 3.22. The van der Waals surface area contributed by atoms with E-state index >= 15 is 0 Å². The molecule has 2 amide bonds. The zero-order valence-corrected chi connectivity index (χ0v) is 18.1. The van der Waals surface area contributed by atoms with Gasteiger partial charge in [-0.15, -0.1) is 0 Å². The Balaban J connectivity index is 1.78. The molecule has 0 radical (unpaired) electrons. The topological polar surface area (TPSA) is 92.3 Å². The molecule has 6 nitrogen and oxygen atoms in total. The molecule has 0 aromatic heterocycles. The van der Waals surface area contributed by atoms with E-state index in [1.165, 1.54) is 6.07 Å². The van der Waals surface area contributed by atoms with E-state index in [1.54, 1.807) is 32.0 Å². The van der Waals surface area contributed by atoms with Crippen LogP contribution in [-0.4, -0.2) is 31.5 Å². The van der Waals surface area contributed by atoms with Crippen LogP contribution in [0.5, 0.6) is 0 Å². The Morgan fingerprint density at radius 3 is 2.32 bits per heavy atom. The number of hydrogen-bond donors (Lipinski definition) is 2. The van der Waals surface area contributed by atoms with Crippen molar-refractivity contribution < 1.29 is 26.8 Å². The average molecular weight is 451 g/mol. The molecule has 0 bridgehead atoms. The molecular formula is C22H24F2N2O4S. The van der Waals surface area contributed by atoms with Gasteiger partial charge in [-0.05, 0) is 56.0 Å². The van der Waals surface area contributed by atoms with Crippen LogP contribution in [0.2, 0.25) is 0 Å². The molecule has 0 spiro atoms. The van der Waals surface area contributed by atoms with Crippen LogP contribution in [0.4, 0.5) is 14.5 Å². The fourth-order valence-corrected chi connectivity index (χ4v) is 6.27. The predicted molar refractivity (Wildman–Crippen MR) is 112 cm³/mol. The van der Waals surface area contributed by atoms with Gasteiger partial charge in [0.25, 0.3) is 0 Å². The zero-order valence-electron chi connectivity index (χ0n) is 17.3. The highest BCUT2D eigenvalue weighted by molar-refractivity contribution is 7.93. The summed E-state index contributed by atoms with van der Waals surface area (Å²) in [6.07, 6.45) is 1.50. The van der Waals surface area contributed by atoms with Gasteiger partial charge in [0.05, 0.1) is 11.4 Å². The first-order valence-corrected chi connectivity index (χ1v) is 11.4. The highest BCUT2D eigenvalue weighted by Crippen LogP contribution is 2.41. The van der Waals surface area contributed by atoms with Crippen molar-refractivity contribution in [3.63, 3.8) is 0 Å². The van der Waals surface area contributed by atoms with E-state index in [0.717, 1.165) is 17.7 Å². The van der Waals surface area contributed by atoms with Crippen molar-refractivity contribution in [1.82, 2.24) is 5.32 Å². The van der Waals surface area contributed by atoms with Gasteiger partial charge in [-0.1, -0.05) is 25.0 Å². The molecule has 1 saturated carbocycles. The summed E-state index contributed by atoms with van der Waals surface area (Å²) in [5.41, 5.74) is 1.35. The molecule has 0 saturated heterocycles. The van der Waals surface area contributed by atoms with Crippen LogP contribution in [0.25, 0.3) is 0 Å². The minimum absolute atomic E-state index is 0.0248. The highest BCUT2D eigenvalue weighted by atomic mass is 32.2. The Bertz CT molecular complexity index is 1130. The first-order chi connectivity index (χ1) is 14.6. The van der Waals surface area contributed by atoms with E-state index in [9.17, 15) is 26.8 Å². The second-order valence-electron chi connectivity index (χ2n) is 7.83. The molecule has 0 atom stereocenters. The largest absolute Gasteiger partial charge is 0.346 e. The lowest BCUT2D eigenvalue weighted by molar-refractivity contribution is -0.126. The van der Waals surface area contributed by atoms with Gasteiger partial charge >= 0.3 is 0 Å². The Hall–Kier alpha value is -2.81. The Labute approximate surface area is 180 Å². The van der Waals surface area contributed by atoms with Crippen LogP contribution >= 0.6 is 0 Å². The van der Waals surface area contributed by atoms with Gasteiger partial charge in [-0.2, -0.15) is 0 Å². The summed E-state index contributed by atoms with van der Waals surface area (Å²) in [4.78, 5) is 25.3. The number of carbonyl (C=O) groups excluding carboxylic acids is 2. The number of halogens is 2. The summed E-state index contributed by atoms with van der Waals surface area (Å²) in [6.45, 7) is 2.96. The Kier molecular flexibility index (Phi) is 6.45. The first kappa shape index (κ1) is 22.9. The van der Waals surface area contributed by atoms with Gasteiger partial charge in [0.2, 0.25) is 11.8 Å². The predicted octanol–water partition coefficient (Wildman–Crippen LogP) is 3.42. The van der Waals surface area contributed by atoms with E-state index in [0.29, 0.717) is 18.4 Å². The van der Waals surface area contributed by atoms with Crippen LogP contribution in [0.15, 0.2) is 41.3 Å². The second kappa shape index (κ2) is 8.74. The van der Waals surface area contributed by atoms with Crippen LogP contribution in [-0.2, 0) is 19.4 Å². The van der Waals surface area contributed by atoms with Crippen molar-refractivity contribution >= 4 is 27.3 Å². The van der Waals surface area contributed by atoms with E-state index in [-0.39, 0.29) is 23.4 Å². The number of carbonyl (C=O) groups is 2. The van der Waals surface area contributed by atoms with Crippen LogP contribution in [0, 0.1) is 25.5 Å². The molecule has 2 aromatic carbocycles. The van der Waals surface area contributed by atoms with Gasteiger partial charge in [-0.3, -0.25) is 9.59 Å². The monoisotopic (exact) mass is 450 g/mol. The van der Waals surface area contributed by atoms with Crippen molar-refractivity contribution in [3.05, 3.63) is 59.2 Å². The fraction of sp³-hybridized carbons (Fsp3) is 0.364. The molecule has 0 aliphatic heterocycles.